The van der Waals surface area contributed by atoms with Crippen molar-refractivity contribution in [3.63, 3.8) is 0 Å². The standard InChI is InChI=1S/C23H25N3O5/c1-14-6-7-15(2)17(10-14)18-8-9-22(28)26(25-18)13-21(27)24-16-11-19(29-3)23(31-5)20(12-16)30-4/h6-12H,13H2,1-5H3,(H,24,27). The molecular weight excluding hydrogens is 398 g/mol. The number of nitrogens with one attached hydrogen (secondary N) is 1. The number of hydrogen-bond donors (Lipinski definition) is 1. The first-order valence-corrected chi connectivity index (χ1v) is 9.62. The Morgan fingerprint density at radius 3 is 2.26 bits per heavy atom. The fourth-order valence-corrected chi connectivity index (χ4v) is 3.21. The van der Waals surface area contributed by atoms with Gasteiger partial charge in [0.25, 0.3) is 5.56 Å². The molecule has 0 bridgehead atoms. The van der Waals surface area contributed by atoms with Crippen LogP contribution in [0.3, 0.4) is 0 Å². The lowest BCUT2D eigenvalue weighted by Gasteiger charge is -2.15. The van der Waals surface area contributed by atoms with Crippen LogP contribution in [0, 0.1) is 13.8 Å². The topological polar surface area (TPSA) is 91.7 Å². The maximum absolute atomic E-state index is 12.6. The number of methoxy groups -OCH3 is 3. The van der Waals surface area contributed by atoms with Gasteiger partial charge in [-0.3, -0.25) is 9.59 Å². The van der Waals surface area contributed by atoms with Crippen molar-refractivity contribution >= 4 is 11.6 Å². The van der Waals surface area contributed by atoms with Crippen LogP contribution >= 0.6 is 0 Å². The lowest BCUT2D eigenvalue weighted by molar-refractivity contribution is -0.117. The minimum atomic E-state index is -0.415. The molecule has 0 saturated carbocycles. The number of nitrogens with zero attached hydrogens (tertiary/aromatic N) is 2. The number of ether oxygens (including phenoxy) is 3. The monoisotopic (exact) mass is 423 g/mol. The van der Waals surface area contributed by atoms with Crippen molar-refractivity contribution in [3.8, 4) is 28.5 Å². The van der Waals surface area contributed by atoms with Crippen molar-refractivity contribution in [2.45, 2.75) is 20.4 Å². The fraction of sp³-hybridized carbons (Fsp3) is 0.261. The second kappa shape index (κ2) is 9.34. The maximum Gasteiger partial charge on any atom is 0.267 e. The van der Waals surface area contributed by atoms with Gasteiger partial charge in [-0.1, -0.05) is 17.7 Å². The van der Waals surface area contributed by atoms with Crippen molar-refractivity contribution < 1.29 is 19.0 Å². The molecule has 8 nitrogen and oxygen atoms in total. The van der Waals surface area contributed by atoms with Crippen LogP contribution in [-0.4, -0.2) is 37.0 Å². The van der Waals surface area contributed by atoms with Gasteiger partial charge >= 0.3 is 0 Å². The summed E-state index contributed by atoms with van der Waals surface area (Å²) in [6.45, 7) is 3.72. The molecule has 3 rings (SSSR count). The maximum atomic E-state index is 12.6. The van der Waals surface area contributed by atoms with Gasteiger partial charge in [-0.2, -0.15) is 5.10 Å². The zero-order valence-corrected chi connectivity index (χ0v) is 18.2. The third kappa shape index (κ3) is 4.85. The van der Waals surface area contributed by atoms with Crippen molar-refractivity contribution in [3.05, 3.63) is 63.9 Å². The first kappa shape index (κ1) is 21.9. The van der Waals surface area contributed by atoms with E-state index in [1.807, 2.05) is 32.0 Å². The molecule has 0 radical (unpaired) electrons. The quantitative estimate of drug-likeness (QED) is 0.628. The number of amides is 1. The van der Waals surface area contributed by atoms with Crippen molar-refractivity contribution in [1.82, 2.24) is 9.78 Å². The minimum Gasteiger partial charge on any atom is -0.493 e. The van der Waals surface area contributed by atoms with E-state index in [2.05, 4.69) is 10.4 Å². The Kier molecular flexibility index (Phi) is 6.59. The summed E-state index contributed by atoms with van der Waals surface area (Å²) in [5.74, 6) is 0.817. The van der Waals surface area contributed by atoms with Gasteiger partial charge in [0, 0.05) is 29.4 Å². The molecule has 162 valence electrons. The smallest absolute Gasteiger partial charge is 0.267 e. The number of aromatic nitrogens is 2. The molecule has 2 aromatic carbocycles. The van der Waals surface area contributed by atoms with E-state index in [1.165, 1.54) is 27.4 Å². The van der Waals surface area contributed by atoms with Crippen LogP contribution < -0.4 is 25.1 Å². The number of aryl methyl sites for hydroxylation is 2. The normalized spacial score (nSPS) is 10.5. The second-order valence-corrected chi connectivity index (χ2v) is 7.00. The van der Waals surface area contributed by atoms with Crippen LogP contribution in [0.2, 0.25) is 0 Å². The van der Waals surface area contributed by atoms with Gasteiger partial charge in [0.15, 0.2) is 11.5 Å². The van der Waals surface area contributed by atoms with Crippen LogP contribution in [0.1, 0.15) is 11.1 Å². The molecule has 0 aliphatic heterocycles. The zero-order chi connectivity index (χ0) is 22.5. The average Bonchev–Trinajstić information content (AvgIpc) is 2.76. The van der Waals surface area contributed by atoms with E-state index in [0.29, 0.717) is 28.6 Å². The molecule has 0 aliphatic rings. The van der Waals surface area contributed by atoms with Gasteiger partial charge < -0.3 is 19.5 Å². The SMILES string of the molecule is COc1cc(NC(=O)Cn2nc(-c3cc(C)ccc3C)ccc2=O)cc(OC)c1OC. The van der Waals surface area contributed by atoms with E-state index in [-0.39, 0.29) is 12.1 Å². The molecule has 0 aliphatic carbocycles. The van der Waals surface area contributed by atoms with E-state index in [1.54, 1.807) is 18.2 Å². The fourth-order valence-electron chi connectivity index (χ4n) is 3.21. The lowest BCUT2D eigenvalue weighted by atomic mass is 10.0. The van der Waals surface area contributed by atoms with Gasteiger partial charge in [0.2, 0.25) is 11.7 Å². The van der Waals surface area contributed by atoms with Gasteiger partial charge in [0.05, 0.1) is 27.0 Å². The second-order valence-electron chi connectivity index (χ2n) is 7.00. The Morgan fingerprint density at radius 2 is 1.65 bits per heavy atom. The lowest BCUT2D eigenvalue weighted by Crippen LogP contribution is -2.29. The summed E-state index contributed by atoms with van der Waals surface area (Å²) < 4.78 is 17.0. The van der Waals surface area contributed by atoms with Gasteiger partial charge in [-0.25, -0.2) is 4.68 Å². The van der Waals surface area contributed by atoms with Crippen LogP contribution in [-0.2, 0) is 11.3 Å². The molecule has 0 spiro atoms. The van der Waals surface area contributed by atoms with Crippen LogP contribution in [0.5, 0.6) is 17.2 Å². The molecule has 1 amide bonds. The third-order valence-corrected chi connectivity index (χ3v) is 4.78. The minimum absolute atomic E-state index is 0.242. The van der Waals surface area contributed by atoms with Crippen molar-refractivity contribution in [2.24, 2.45) is 0 Å². The third-order valence-electron chi connectivity index (χ3n) is 4.78. The molecule has 1 N–H and O–H groups in total. The van der Waals surface area contributed by atoms with Crippen LogP contribution in [0.15, 0.2) is 47.3 Å². The first-order chi connectivity index (χ1) is 14.9. The number of anilines is 1. The Bertz CT molecular complexity index is 1150. The number of benzene rings is 2. The summed E-state index contributed by atoms with van der Waals surface area (Å²) >= 11 is 0. The molecule has 0 unspecified atom stereocenters. The van der Waals surface area contributed by atoms with Crippen LogP contribution in [0.4, 0.5) is 5.69 Å². The highest BCUT2D eigenvalue weighted by atomic mass is 16.5. The predicted octanol–water partition coefficient (Wildman–Crippen LogP) is 3.19. The number of rotatable bonds is 7. The van der Waals surface area contributed by atoms with Gasteiger partial charge in [0.1, 0.15) is 6.54 Å². The van der Waals surface area contributed by atoms with E-state index < -0.39 is 5.91 Å². The Morgan fingerprint density at radius 1 is 0.968 bits per heavy atom. The van der Waals surface area contributed by atoms with E-state index in [9.17, 15) is 9.59 Å². The number of carbonyl (C=O) groups excluding carboxylic acids is 1. The number of carbonyl (C=O) groups is 1. The number of hydrogen-bond acceptors (Lipinski definition) is 6. The van der Waals surface area contributed by atoms with Crippen molar-refractivity contribution in [1.29, 1.82) is 0 Å². The summed E-state index contributed by atoms with van der Waals surface area (Å²) in [4.78, 5) is 24.9. The first-order valence-electron chi connectivity index (χ1n) is 9.62. The molecule has 8 heteroatoms. The summed E-state index contributed by atoms with van der Waals surface area (Å²) in [6.07, 6.45) is 0. The van der Waals surface area contributed by atoms with Crippen molar-refractivity contribution in [2.75, 3.05) is 26.6 Å². The van der Waals surface area contributed by atoms with E-state index >= 15 is 0 Å². The van der Waals surface area contributed by atoms with Crippen LogP contribution in [0.25, 0.3) is 11.3 Å². The summed E-state index contributed by atoms with van der Waals surface area (Å²) in [7, 11) is 4.48. The molecule has 3 aromatic rings. The summed E-state index contributed by atoms with van der Waals surface area (Å²) in [6, 6.07) is 12.3. The Balaban J connectivity index is 1.86. The summed E-state index contributed by atoms with van der Waals surface area (Å²) in [5, 5.41) is 7.14. The highest BCUT2D eigenvalue weighted by Crippen LogP contribution is 2.39. The largest absolute Gasteiger partial charge is 0.493 e. The molecular formula is C23H25N3O5. The van der Waals surface area contributed by atoms with E-state index in [4.69, 9.17) is 14.2 Å². The highest BCUT2D eigenvalue weighted by molar-refractivity contribution is 5.91. The van der Waals surface area contributed by atoms with E-state index in [0.717, 1.165) is 21.4 Å². The van der Waals surface area contributed by atoms with Gasteiger partial charge in [-0.05, 0) is 31.5 Å². The molecule has 31 heavy (non-hydrogen) atoms. The Labute approximate surface area is 180 Å². The molecule has 0 saturated heterocycles. The highest BCUT2D eigenvalue weighted by Gasteiger charge is 2.15. The molecule has 0 fully saturated rings. The average molecular weight is 423 g/mol. The predicted molar refractivity (Wildman–Crippen MR) is 118 cm³/mol. The van der Waals surface area contributed by atoms with Gasteiger partial charge in [-0.15, -0.1) is 0 Å². The zero-order valence-electron chi connectivity index (χ0n) is 18.2. The molecule has 1 heterocycles. The molecule has 0 atom stereocenters. The summed E-state index contributed by atoms with van der Waals surface area (Å²) in [5.41, 5.74) is 3.73. The molecule has 1 aromatic heterocycles. The Hall–Kier alpha value is -3.81.